The third-order valence-electron chi connectivity index (χ3n) is 3.20. The molecule has 1 unspecified atom stereocenters. The number of hydrogen-bond donors (Lipinski definition) is 0. The van der Waals surface area contributed by atoms with Crippen molar-refractivity contribution in [2.75, 3.05) is 0 Å². The van der Waals surface area contributed by atoms with Crippen molar-refractivity contribution in [3.63, 3.8) is 0 Å². The van der Waals surface area contributed by atoms with E-state index in [1.807, 2.05) is 37.8 Å². The molecular formula is C20H40O5Si4. The van der Waals surface area contributed by atoms with Crippen molar-refractivity contribution >= 4 is 39.2 Å². The van der Waals surface area contributed by atoms with Crippen LogP contribution in [0.15, 0.2) is 18.2 Å². The van der Waals surface area contributed by atoms with Crippen molar-refractivity contribution in [1.82, 2.24) is 0 Å². The first-order valence-electron chi connectivity index (χ1n) is 10.2. The lowest BCUT2D eigenvalue weighted by molar-refractivity contribution is -0.143. The highest BCUT2D eigenvalue weighted by Gasteiger charge is 2.35. The third-order valence-corrected chi connectivity index (χ3v) is 6.63. The van der Waals surface area contributed by atoms with Crippen molar-refractivity contribution in [3.8, 4) is 11.5 Å². The SMILES string of the molecule is C[Si](C)(C)OC(=O)C(O[Si](C)(C)C)c1cc(O[Si](C)(C)C)ccc1O[Si](C)(C)C. The lowest BCUT2D eigenvalue weighted by atomic mass is 10.1. The molecule has 5 nitrogen and oxygen atoms in total. The van der Waals surface area contributed by atoms with E-state index in [0.29, 0.717) is 11.3 Å². The smallest absolute Gasteiger partial charge is 0.325 e. The summed E-state index contributed by atoms with van der Waals surface area (Å²) in [7, 11) is -7.83. The fourth-order valence-corrected chi connectivity index (χ4v) is 5.84. The molecule has 0 N–H and O–H groups in total. The summed E-state index contributed by atoms with van der Waals surface area (Å²) in [5.41, 5.74) is 0.703. The number of benzene rings is 1. The number of rotatable bonds is 9. The van der Waals surface area contributed by atoms with Gasteiger partial charge in [-0.1, -0.05) is 0 Å². The van der Waals surface area contributed by atoms with Crippen molar-refractivity contribution in [2.45, 2.75) is 84.7 Å². The predicted molar refractivity (Wildman–Crippen MR) is 131 cm³/mol. The van der Waals surface area contributed by atoms with Crippen molar-refractivity contribution in [1.29, 1.82) is 0 Å². The molecule has 0 aliphatic rings. The van der Waals surface area contributed by atoms with Crippen molar-refractivity contribution < 1.29 is 22.5 Å². The van der Waals surface area contributed by atoms with E-state index in [-0.39, 0.29) is 5.97 Å². The van der Waals surface area contributed by atoms with E-state index in [9.17, 15) is 4.79 Å². The highest BCUT2D eigenvalue weighted by Crippen LogP contribution is 2.36. The summed E-state index contributed by atoms with van der Waals surface area (Å²) >= 11 is 0. The summed E-state index contributed by atoms with van der Waals surface area (Å²) < 4.78 is 24.7. The van der Waals surface area contributed by atoms with Crippen LogP contribution in [-0.2, 0) is 13.6 Å². The van der Waals surface area contributed by atoms with E-state index in [0.717, 1.165) is 5.75 Å². The van der Waals surface area contributed by atoms with E-state index in [4.69, 9.17) is 17.7 Å². The van der Waals surface area contributed by atoms with Gasteiger partial charge in [0.15, 0.2) is 14.4 Å². The lowest BCUT2D eigenvalue weighted by Crippen LogP contribution is -2.38. The molecule has 1 aromatic rings. The zero-order chi connectivity index (χ0) is 22.8. The predicted octanol–water partition coefficient (Wildman–Crippen LogP) is 6.38. The van der Waals surface area contributed by atoms with Gasteiger partial charge >= 0.3 is 5.97 Å². The molecule has 0 heterocycles. The van der Waals surface area contributed by atoms with Crippen LogP contribution in [0.5, 0.6) is 11.5 Å². The van der Waals surface area contributed by atoms with Gasteiger partial charge in [0.25, 0.3) is 0 Å². The highest BCUT2D eigenvalue weighted by molar-refractivity contribution is 6.72. The largest absolute Gasteiger partial charge is 0.544 e. The Labute approximate surface area is 181 Å². The molecule has 0 saturated carbocycles. The summed E-state index contributed by atoms with van der Waals surface area (Å²) in [6.45, 7) is 25.0. The molecule has 0 saturated heterocycles. The van der Waals surface area contributed by atoms with Gasteiger partial charge in [0.2, 0.25) is 25.0 Å². The number of carbonyl (C=O) groups excluding carboxylic acids is 1. The molecular weight excluding hydrogens is 433 g/mol. The van der Waals surface area contributed by atoms with Gasteiger partial charge in [-0.05, 0) is 96.8 Å². The molecule has 1 atom stereocenters. The summed E-state index contributed by atoms with van der Waals surface area (Å²) in [6.07, 6.45) is -0.815. The van der Waals surface area contributed by atoms with Crippen LogP contribution in [0.1, 0.15) is 11.7 Å². The molecule has 0 aliphatic heterocycles. The first-order chi connectivity index (χ1) is 12.8. The van der Waals surface area contributed by atoms with Crippen molar-refractivity contribution in [2.24, 2.45) is 0 Å². The van der Waals surface area contributed by atoms with Crippen LogP contribution in [0.25, 0.3) is 0 Å². The average molecular weight is 473 g/mol. The minimum atomic E-state index is -2.08. The number of hydrogen-bond acceptors (Lipinski definition) is 5. The van der Waals surface area contributed by atoms with Gasteiger partial charge in [0.05, 0.1) is 0 Å². The van der Waals surface area contributed by atoms with Gasteiger partial charge < -0.3 is 17.7 Å². The Morgan fingerprint density at radius 2 is 1.24 bits per heavy atom. The minimum absolute atomic E-state index is 0.336. The fraction of sp³-hybridized carbons (Fsp3) is 0.650. The maximum atomic E-state index is 13.2. The Morgan fingerprint density at radius 3 is 1.66 bits per heavy atom. The molecule has 0 bridgehead atoms. The maximum Gasteiger partial charge on any atom is 0.325 e. The lowest BCUT2D eigenvalue weighted by Gasteiger charge is -2.31. The minimum Gasteiger partial charge on any atom is -0.544 e. The van der Waals surface area contributed by atoms with Crippen LogP contribution >= 0.6 is 0 Å². The first-order valence-corrected chi connectivity index (χ1v) is 23.8. The molecule has 0 spiro atoms. The summed E-state index contributed by atoms with van der Waals surface area (Å²) in [5, 5.41) is 0. The Morgan fingerprint density at radius 1 is 0.724 bits per heavy atom. The number of carbonyl (C=O) groups is 1. The van der Waals surface area contributed by atoms with Crippen molar-refractivity contribution in [3.05, 3.63) is 23.8 Å². The molecule has 0 aliphatic carbocycles. The summed E-state index contributed by atoms with van der Waals surface area (Å²) in [4.78, 5) is 13.2. The van der Waals surface area contributed by atoms with Gasteiger partial charge in [-0.2, -0.15) is 0 Å². The summed E-state index contributed by atoms with van der Waals surface area (Å²) in [5.74, 6) is 1.09. The Kier molecular flexibility index (Phi) is 8.19. The van der Waals surface area contributed by atoms with Crippen LogP contribution in [-0.4, -0.2) is 39.2 Å². The molecule has 1 rings (SSSR count). The Hall–Kier alpha value is -0.882. The van der Waals surface area contributed by atoms with E-state index >= 15 is 0 Å². The van der Waals surface area contributed by atoms with Crippen LogP contribution in [0.4, 0.5) is 0 Å². The molecule has 9 heteroatoms. The van der Waals surface area contributed by atoms with Crippen LogP contribution < -0.4 is 8.85 Å². The van der Waals surface area contributed by atoms with E-state index in [2.05, 4.69) is 58.9 Å². The monoisotopic (exact) mass is 472 g/mol. The second-order valence-electron chi connectivity index (χ2n) is 11.3. The highest BCUT2D eigenvalue weighted by atomic mass is 28.4. The topological polar surface area (TPSA) is 54.0 Å². The fourth-order valence-electron chi connectivity index (χ4n) is 2.52. The van der Waals surface area contributed by atoms with Gasteiger partial charge in [-0.3, -0.25) is 4.79 Å². The zero-order valence-electron chi connectivity index (χ0n) is 20.4. The quantitative estimate of drug-likeness (QED) is 0.390. The normalized spacial score (nSPS) is 14.3. The molecule has 1 aromatic carbocycles. The standard InChI is InChI=1S/C20H40O5Si4/c1-26(2,3)22-16-13-14-18(23-27(4,5)6)17(15-16)19(24-28(7,8)9)20(21)25-29(10,11)12/h13-15,19H,1-12H3. The molecule has 166 valence electrons. The second-order valence-corrected chi connectivity index (χ2v) is 29.0. The van der Waals surface area contributed by atoms with Gasteiger partial charge in [0.1, 0.15) is 11.5 Å². The average Bonchev–Trinajstić information content (AvgIpc) is 2.40. The van der Waals surface area contributed by atoms with Gasteiger partial charge in [-0.15, -0.1) is 0 Å². The zero-order valence-corrected chi connectivity index (χ0v) is 24.4. The van der Waals surface area contributed by atoms with Crippen LogP contribution in [0.2, 0.25) is 78.6 Å². The maximum absolute atomic E-state index is 13.2. The second kappa shape index (κ2) is 9.09. The molecule has 0 fully saturated rings. The van der Waals surface area contributed by atoms with Gasteiger partial charge in [-0.25, -0.2) is 0 Å². The summed E-state index contributed by atoms with van der Waals surface area (Å²) in [6, 6.07) is 5.74. The Balaban J connectivity index is 3.54. The molecule has 29 heavy (non-hydrogen) atoms. The van der Waals surface area contributed by atoms with E-state index in [1.165, 1.54) is 0 Å². The molecule has 0 amide bonds. The third kappa shape index (κ3) is 10.6. The van der Waals surface area contributed by atoms with E-state index < -0.39 is 39.4 Å². The first kappa shape index (κ1) is 26.2. The Bertz CT molecular complexity index is 710. The van der Waals surface area contributed by atoms with E-state index in [1.54, 1.807) is 0 Å². The van der Waals surface area contributed by atoms with Gasteiger partial charge in [0, 0.05) is 5.56 Å². The molecule has 0 aromatic heterocycles. The molecule has 0 radical (unpaired) electrons. The van der Waals surface area contributed by atoms with Crippen LogP contribution in [0.3, 0.4) is 0 Å². The van der Waals surface area contributed by atoms with Crippen LogP contribution in [0, 0.1) is 0 Å².